The number of rotatable bonds is 6. The standard InChI is InChI=1S/C13H23NO4/c1-3-8-18-9-11(15)14-13(12(16)17)7-5-4-6-10(13)2/h10H,3-9H2,1-2H3,(H,14,15)(H,16,17). The summed E-state index contributed by atoms with van der Waals surface area (Å²) in [5, 5.41) is 12.1. The Morgan fingerprint density at radius 3 is 2.72 bits per heavy atom. The minimum absolute atomic E-state index is 0.0427. The number of carboxylic acid groups (broad SMARTS) is 1. The van der Waals surface area contributed by atoms with Gasteiger partial charge in [0.2, 0.25) is 5.91 Å². The van der Waals surface area contributed by atoms with E-state index in [-0.39, 0.29) is 18.4 Å². The zero-order valence-corrected chi connectivity index (χ0v) is 11.2. The molecule has 0 saturated heterocycles. The predicted molar refractivity (Wildman–Crippen MR) is 67.3 cm³/mol. The number of hydrogen-bond acceptors (Lipinski definition) is 3. The van der Waals surface area contributed by atoms with Crippen molar-refractivity contribution in [2.75, 3.05) is 13.2 Å². The smallest absolute Gasteiger partial charge is 0.329 e. The molecule has 2 atom stereocenters. The van der Waals surface area contributed by atoms with Crippen molar-refractivity contribution in [2.24, 2.45) is 5.92 Å². The predicted octanol–water partition coefficient (Wildman–Crippen LogP) is 1.56. The molecular formula is C13H23NO4. The van der Waals surface area contributed by atoms with E-state index in [1.807, 2.05) is 13.8 Å². The average Bonchev–Trinajstić information content (AvgIpc) is 2.32. The molecule has 104 valence electrons. The molecule has 18 heavy (non-hydrogen) atoms. The summed E-state index contributed by atoms with van der Waals surface area (Å²) < 4.78 is 5.14. The highest BCUT2D eigenvalue weighted by Crippen LogP contribution is 2.33. The molecule has 1 aliphatic rings. The highest BCUT2D eigenvalue weighted by atomic mass is 16.5. The number of ether oxygens (including phenoxy) is 1. The van der Waals surface area contributed by atoms with E-state index in [0.29, 0.717) is 13.0 Å². The van der Waals surface area contributed by atoms with E-state index >= 15 is 0 Å². The summed E-state index contributed by atoms with van der Waals surface area (Å²) in [5.41, 5.74) is -1.11. The van der Waals surface area contributed by atoms with Gasteiger partial charge in [-0.1, -0.05) is 26.7 Å². The first-order valence-corrected chi connectivity index (χ1v) is 6.65. The summed E-state index contributed by atoms with van der Waals surface area (Å²) in [7, 11) is 0. The third kappa shape index (κ3) is 3.45. The Hall–Kier alpha value is -1.10. The second kappa shape index (κ2) is 6.73. The van der Waals surface area contributed by atoms with Gasteiger partial charge in [0.05, 0.1) is 0 Å². The van der Waals surface area contributed by atoms with Crippen LogP contribution in [-0.2, 0) is 14.3 Å². The maximum absolute atomic E-state index is 11.7. The van der Waals surface area contributed by atoms with Gasteiger partial charge in [0, 0.05) is 6.61 Å². The second-order valence-electron chi connectivity index (χ2n) is 5.02. The van der Waals surface area contributed by atoms with Gasteiger partial charge in [-0.3, -0.25) is 4.79 Å². The maximum atomic E-state index is 11.7. The largest absolute Gasteiger partial charge is 0.479 e. The third-order valence-corrected chi connectivity index (χ3v) is 3.63. The SMILES string of the molecule is CCCOCC(=O)NC1(C(=O)O)CCCCC1C. The van der Waals surface area contributed by atoms with Crippen LogP contribution in [0.1, 0.15) is 46.0 Å². The van der Waals surface area contributed by atoms with E-state index in [9.17, 15) is 14.7 Å². The molecule has 1 rings (SSSR count). The van der Waals surface area contributed by atoms with E-state index in [1.165, 1.54) is 0 Å². The lowest BCUT2D eigenvalue weighted by Gasteiger charge is -2.39. The van der Waals surface area contributed by atoms with Crippen molar-refractivity contribution >= 4 is 11.9 Å². The topological polar surface area (TPSA) is 75.6 Å². The van der Waals surface area contributed by atoms with Crippen molar-refractivity contribution in [1.29, 1.82) is 0 Å². The molecule has 1 aliphatic carbocycles. The van der Waals surface area contributed by atoms with Gasteiger partial charge in [-0.2, -0.15) is 0 Å². The quantitative estimate of drug-likeness (QED) is 0.708. The zero-order valence-electron chi connectivity index (χ0n) is 11.2. The van der Waals surface area contributed by atoms with Crippen LogP contribution in [0.2, 0.25) is 0 Å². The van der Waals surface area contributed by atoms with E-state index in [2.05, 4.69) is 5.32 Å². The Morgan fingerprint density at radius 2 is 2.17 bits per heavy atom. The molecule has 5 nitrogen and oxygen atoms in total. The summed E-state index contributed by atoms with van der Waals surface area (Å²) in [6.45, 7) is 4.30. The third-order valence-electron chi connectivity index (χ3n) is 3.63. The van der Waals surface area contributed by atoms with Crippen molar-refractivity contribution in [2.45, 2.75) is 51.5 Å². The van der Waals surface area contributed by atoms with Gasteiger partial charge < -0.3 is 15.2 Å². The first-order chi connectivity index (χ1) is 8.53. The van der Waals surface area contributed by atoms with Crippen LogP contribution in [0, 0.1) is 5.92 Å². The van der Waals surface area contributed by atoms with Gasteiger partial charge in [-0.15, -0.1) is 0 Å². The molecule has 0 aromatic heterocycles. The Morgan fingerprint density at radius 1 is 1.44 bits per heavy atom. The molecule has 2 unspecified atom stereocenters. The maximum Gasteiger partial charge on any atom is 0.329 e. The summed E-state index contributed by atoms with van der Waals surface area (Å²) in [5.74, 6) is -1.31. The van der Waals surface area contributed by atoms with Crippen molar-refractivity contribution in [3.63, 3.8) is 0 Å². The fourth-order valence-electron chi connectivity index (χ4n) is 2.50. The van der Waals surface area contributed by atoms with Crippen LogP contribution in [0.15, 0.2) is 0 Å². The summed E-state index contributed by atoms with van der Waals surface area (Å²) in [6, 6.07) is 0. The molecule has 0 radical (unpaired) electrons. The minimum atomic E-state index is -1.11. The molecule has 2 N–H and O–H groups in total. The summed E-state index contributed by atoms with van der Waals surface area (Å²) in [4.78, 5) is 23.2. The van der Waals surface area contributed by atoms with Crippen LogP contribution in [0.5, 0.6) is 0 Å². The highest BCUT2D eigenvalue weighted by Gasteiger charge is 2.46. The van der Waals surface area contributed by atoms with Crippen molar-refractivity contribution in [3.8, 4) is 0 Å². The fourth-order valence-corrected chi connectivity index (χ4v) is 2.50. The Bertz CT molecular complexity index is 305. The first kappa shape index (κ1) is 15.0. The molecule has 0 spiro atoms. The second-order valence-corrected chi connectivity index (χ2v) is 5.02. The van der Waals surface area contributed by atoms with Crippen LogP contribution >= 0.6 is 0 Å². The first-order valence-electron chi connectivity index (χ1n) is 6.65. The molecule has 0 heterocycles. The molecule has 0 aromatic rings. The van der Waals surface area contributed by atoms with Crippen LogP contribution in [0.25, 0.3) is 0 Å². The van der Waals surface area contributed by atoms with Gasteiger partial charge in [-0.05, 0) is 25.2 Å². The van der Waals surface area contributed by atoms with E-state index in [0.717, 1.165) is 25.7 Å². The molecular weight excluding hydrogens is 234 g/mol. The van der Waals surface area contributed by atoms with Crippen LogP contribution in [0.3, 0.4) is 0 Å². The number of carbonyl (C=O) groups is 2. The Kier molecular flexibility index (Phi) is 5.59. The van der Waals surface area contributed by atoms with Crippen LogP contribution < -0.4 is 5.32 Å². The fraction of sp³-hybridized carbons (Fsp3) is 0.846. The summed E-state index contributed by atoms with van der Waals surface area (Å²) >= 11 is 0. The van der Waals surface area contributed by atoms with Crippen LogP contribution in [-0.4, -0.2) is 35.7 Å². The molecule has 1 amide bonds. The van der Waals surface area contributed by atoms with Crippen molar-refractivity contribution in [1.82, 2.24) is 5.32 Å². The average molecular weight is 257 g/mol. The zero-order chi connectivity index (χ0) is 13.6. The van der Waals surface area contributed by atoms with Gasteiger partial charge in [0.15, 0.2) is 0 Å². The van der Waals surface area contributed by atoms with Crippen molar-refractivity contribution in [3.05, 3.63) is 0 Å². The summed E-state index contributed by atoms with van der Waals surface area (Å²) in [6.07, 6.45) is 4.05. The lowest BCUT2D eigenvalue weighted by atomic mass is 9.73. The van der Waals surface area contributed by atoms with Crippen molar-refractivity contribution < 1.29 is 19.4 Å². The molecule has 1 saturated carbocycles. The lowest BCUT2D eigenvalue weighted by molar-refractivity contribution is -0.152. The molecule has 0 aromatic carbocycles. The normalized spacial score (nSPS) is 27.8. The number of amides is 1. The van der Waals surface area contributed by atoms with E-state index in [4.69, 9.17) is 4.74 Å². The van der Waals surface area contributed by atoms with Crippen LogP contribution in [0.4, 0.5) is 0 Å². The van der Waals surface area contributed by atoms with Gasteiger partial charge in [-0.25, -0.2) is 4.79 Å². The number of hydrogen-bond donors (Lipinski definition) is 2. The number of carbonyl (C=O) groups excluding carboxylic acids is 1. The minimum Gasteiger partial charge on any atom is -0.479 e. The molecule has 5 heteroatoms. The van der Waals surface area contributed by atoms with E-state index < -0.39 is 11.5 Å². The molecule has 0 aliphatic heterocycles. The Labute approximate surface area is 108 Å². The van der Waals surface area contributed by atoms with Gasteiger partial charge in [0.25, 0.3) is 0 Å². The highest BCUT2D eigenvalue weighted by molar-refractivity contribution is 5.88. The van der Waals surface area contributed by atoms with Gasteiger partial charge in [0.1, 0.15) is 12.1 Å². The van der Waals surface area contributed by atoms with E-state index in [1.54, 1.807) is 0 Å². The monoisotopic (exact) mass is 257 g/mol. The molecule has 1 fully saturated rings. The lowest BCUT2D eigenvalue weighted by Crippen LogP contribution is -2.60. The van der Waals surface area contributed by atoms with Gasteiger partial charge >= 0.3 is 5.97 Å². The number of nitrogens with one attached hydrogen (secondary N) is 1. The number of carboxylic acids is 1. The molecule has 0 bridgehead atoms. The number of aliphatic carboxylic acids is 1. The Balaban J connectivity index is 2.62.